The Bertz CT molecular complexity index is 969. The molecule has 0 aliphatic heterocycles. The van der Waals surface area contributed by atoms with E-state index in [9.17, 15) is 9.59 Å². The Hall–Kier alpha value is -2.90. The quantitative estimate of drug-likeness (QED) is 0.381. The van der Waals surface area contributed by atoms with Crippen LogP contribution in [0.4, 0.5) is 0 Å². The molecule has 0 radical (unpaired) electrons. The van der Waals surface area contributed by atoms with Crippen LogP contribution in [0.2, 0.25) is 0 Å². The Morgan fingerprint density at radius 2 is 1.81 bits per heavy atom. The number of amides is 2. The van der Waals surface area contributed by atoms with Crippen molar-refractivity contribution in [2.75, 3.05) is 33.4 Å². The summed E-state index contributed by atoms with van der Waals surface area (Å²) in [5, 5.41) is 1.87. The molecule has 3 aromatic rings. The van der Waals surface area contributed by atoms with E-state index in [1.54, 1.807) is 23.0 Å². The molecule has 0 saturated carbocycles. The molecular weight excluding hydrogens is 424 g/mol. The summed E-state index contributed by atoms with van der Waals surface area (Å²) in [5.74, 6) is 1.32. The third kappa shape index (κ3) is 7.07. The summed E-state index contributed by atoms with van der Waals surface area (Å²) >= 11 is 1.38. The Morgan fingerprint density at radius 1 is 1.00 bits per heavy atom. The molecule has 0 bridgehead atoms. The van der Waals surface area contributed by atoms with Crippen molar-refractivity contribution < 1.29 is 18.7 Å². The van der Waals surface area contributed by atoms with Crippen molar-refractivity contribution in [3.63, 3.8) is 0 Å². The summed E-state index contributed by atoms with van der Waals surface area (Å²) in [5.41, 5.74) is 1.16. The van der Waals surface area contributed by atoms with Gasteiger partial charge in [0.15, 0.2) is 0 Å². The zero-order valence-electron chi connectivity index (χ0n) is 18.7. The standard InChI is InChI=1S/C25H30N2O4S/c1-20-11-12-22(31-20)18-26(15-13-21-8-4-3-5-9-21)24(28)19-27(14-7-16-30-2)25(29)23-10-6-17-32-23/h3-6,8-12,17H,7,13-16,18-19H2,1-2H3. The van der Waals surface area contributed by atoms with Crippen LogP contribution in [0.5, 0.6) is 0 Å². The molecule has 0 aliphatic rings. The van der Waals surface area contributed by atoms with Crippen molar-refractivity contribution in [3.05, 3.63) is 81.9 Å². The van der Waals surface area contributed by atoms with E-state index in [2.05, 4.69) is 12.1 Å². The van der Waals surface area contributed by atoms with Gasteiger partial charge >= 0.3 is 0 Å². The van der Waals surface area contributed by atoms with Crippen molar-refractivity contribution >= 4 is 23.2 Å². The lowest BCUT2D eigenvalue weighted by Crippen LogP contribution is -2.43. The number of carbonyl (C=O) groups is 2. The number of benzene rings is 1. The fourth-order valence-electron chi connectivity index (χ4n) is 3.43. The van der Waals surface area contributed by atoms with Crippen molar-refractivity contribution in [2.45, 2.75) is 26.3 Å². The van der Waals surface area contributed by atoms with Gasteiger partial charge in [-0.25, -0.2) is 0 Å². The second-order valence-electron chi connectivity index (χ2n) is 7.61. The van der Waals surface area contributed by atoms with Crippen LogP contribution >= 0.6 is 11.3 Å². The second kappa shape index (κ2) is 12.2. The van der Waals surface area contributed by atoms with Crippen LogP contribution in [0, 0.1) is 6.92 Å². The second-order valence-corrected chi connectivity index (χ2v) is 8.56. The maximum Gasteiger partial charge on any atom is 0.264 e. The van der Waals surface area contributed by atoms with Crippen molar-refractivity contribution in [1.29, 1.82) is 0 Å². The molecule has 0 saturated heterocycles. The van der Waals surface area contributed by atoms with Crippen LogP contribution < -0.4 is 0 Å². The van der Waals surface area contributed by atoms with E-state index in [0.717, 1.165) is 23.5 Å². The highest BCUT2D eigenvalue weighted by atomic mass is 32.1. The van der Waals surface area contributed by atoms with E-state index in [1.807, 2.05) is 48.7 Å². The number of aryl methyl sites for hydroxylation is 1. The number of carbonyl (C=O) groups excluding carboxylic acids is 2. The summed E-state index contributed by atoms with van der Waals surface area (Å²) in [6, 6.07) is 17.5. The first-order valence-electron chi connectivity index (χ1n) is 10.8. The van der Waals surface area contributed by atoms with Crippen molar-refractivity contribution in [1.82, 2.24) is 9.80 Å². The molecule has 0 N–H and O–H groups in total. The van der Waals surface area contributed by atoms with Gasteiger partial charge in [0.2, 0.25) is 5.91 Å². The minimum Gasteiger partial charge on any atom is -0.464 e. The summed E-state index contributed by atoms with van der Waals surface area (Å²) in [4.78, 5) is 30.4. The van der Waals surface area contributed by atoms with Gasteiger partial charge in [0, 0.05) is 26.8 Å². The van der Waals surface area contributed by atoms with E-state index in [0.29, 0.717) is 37.5 Å². The molecule has 7 heteroatoms. The zero-order valence-corrected chi connectivity index (χ0v) is 19.5. The van der Waals surface area contributed by atoms with Crippen molar-refractivity contribution in [2.24, 2.45) is 0 Å². The van der Waals surface area contributed by atoms with Gasteiger partial charge in [-0.15, -0.1) is 11.3 Å². The lowest BCUT2D eigenvalue weighted by molar-refractivity contribution is -0.132. The molecule has 3 rings (SSSR count). The van der Waals surface area contributed by atoms with Crippen LogP contribution in [0.15, 0.2) is 64.4 Å². The fraction of sp³-hybridized carbons (Fsp3) is 0.360. The number of rotatable bonds is 12. The molecule has 0 spiro atoms. The summed E-state index contributed by atoms with van der Waals surface area (Å²) < 4.78 is 10.9. The normalized spacial score (nSPS) is 10.8. The fourth-order valence-corrected chi connectivity index (χ4v) is 4.12. The molecule has 6 nitrogen and oxygen atoms in total. The monoisotopic (exact) mass is 454 g/mol. The van der Waals surface area contributed by atoms with E-state index >= 15 is 0 Å². The third-order valence-electron chi connectivity index (χ3n) is 5.13. The summed E-state index contributed by atoms with van der Waals surface area (Å²) in [6.45, 7) is 3.82. The van der Waals surface area contributed by atoms with Crippen LogP contribution in [0.3, 0.4) is 0 Å². The number of hydrogen-bond acceptors (Lipinski definition) is 5. The average Bonchev–Trinajstić information content (AvgIpc) is 3.48. The molecule has 1 aromatic carbocycles. The lowest BCUT2D eigenvalue weighted by atomic mass is 10.1. The minimum atomic E-state index is -0.124. The van der Waals surface area contributed by atoms with Gasteiger partial charge in [0.05, 0.1) is 11.4 Å². The van der Waals surface area contributed by atoms with Crippen LogP contribution in [-0.4, -0.2) is 55.0 Å². The lowest BCUT2D eigenvalue weighted by Gasteiger charge is -2.27. The van der Waals surface area contributed by atoms with Gasteiger partial charge in [0.25, 0.3) is 5.91 Å². The SMILES string of the molecule is COCCCN(CC(=O)N(CCc1ccccc1)Cc1ccc(C)o1)C(=O)c1cccs1. The molecule has 170 valence electrons. The zero-order chi connectivity index (χ0) is 22.8. The first kappa shape index (κ1) is 23.8. The Morgan fingerprint density at radius 3 is 2.47 bits per heavy atom. The molecule has 0 atom stereocenters. The van der Waals surface area contributed by atoms with E-state index in [4.69, 9.17) is 9.15 Å². The predicted molar refractivity (Wildman–Crippen MR) is 126 cm³/mol. The van der Waals surface area contributed by atoms with Crippen LogP contribution in [0.25, 0.3) is 0 Å². The topological polar surface area (TPSA) is 63.0 Å². The van der Waals surface area contributed by atoms with Gasteiger partial charge in [-0.3, -0.25) is 9.59 Å². The number of methoxy groups -OCH3 is 1. The van der Waals surface area contributed by atoms with Gasteiger partial charge in [-0.1, -0.05) is 36.4 Å². The first-order valence-corrected chi connectivity index (χ1v) is 11.6. The molecule has 32 heavy (non-hydrogen) atoms. The summed E-state index contributed by atoms with van der Waals surface area (Å²) in [6.07, 6.45) is 1.40. The van der Waals surface area contributed by atoms with E-state index in [1.165, 1.54) is 11.3 Å². The molecular formula is C25H30N2O4S. The number of hydrogen-bond donors (Lipinski definition) is 0. The summed E-state index contributed by atoms with van der Waals surface area (Å²) in [7, 11) is 1.63. The molecule has 0 aliphatic carbocycles. The maximum atomic E-state index is 13.4. The van der Waals surface area contributed by atoms with E-state index in [-0.39, 0.29) is 18.4 Å². The van der Waals surface area contributed by atoms with Crippen molar-refractivity contribution in [3.8, 4) is 0 Å². The smallest absolute Gasteiger partial charge is 0.264 e. The van der Waals surface area contributed by atoms with Gasteiger partial charge in [-0.2, -0.15) is 0 Å². The molecule has 2 aromatic heterocycles. The largest absolute Gasteiger partial charge is 0.464 e. The Balaban J connectivity index is 1.72. The predicted octanol–water partition coefficient (Wildman–Crippen LogP) is 4.40. The van der Waals surface area contributed by atoms with Gasteiger partial charge in [-0.05, 0) is 48.9 Å². The Kier molecular flexibility index (Phi) is 9.07. The first-order chi connectivity index (χ1) is 15.6. The number of ether oxygens (including phenoxy) is 1. The molecule has 0 unspecified atom stereocenters. The maximum absolute atomic E-state index is 13.4. The highest BCUT2D eigenvalue weighted by Crippen LogP contribution is 2.15. The van der Waals surface area contributed by atoms with Crippen LogP contribution in [-0.2, 0) is 22.5 Å². The Labute approximate surface area is 193 Å². The molecule has 2 amide bonds. The third-order valence-corrected chi connectivity index (χ3v) is 5.99. The number of thiophene rings is 1. The highest BCUT2D eigenvalue weighted by Gasteiger charge is 2.23. The van der Waals surface area contributed by atoms with Gasteiger partial charge < -0.3 is 19.0 Å². The van der Waals surface area contributed by atoms with Gasteiger partial charge in [0.1, 0.15) is 18.1 Å². The minimum absolute atomic E-state index is 0.0227. The highest BCUT2D eigenvalue weighted by molar-refractivity contribution is 7.12. The molecule has 2 heterocycles. The molecule has 0 fully saturated rings. The number of furan rings is 1. The average molecular weight is 455 g/mol. The number of nitrogens with zero attached hydrogens (tertiary/aromatic N) is 2. The van der Waals surface area contributed by atoms with E-state index < -0.39 is 0 Å². The van der Waals surface area contributed by atoms with Crippen LogP contribution in [0.1, 0.15) is 33.2 Å².